The molecule has 26 heavy (non-hydrogen) atoms. The zero-order chi connectivity index (χ0) is 18.4. The third kappa shape index (κ3) is 5.64. The number of rotatable bonds is 7. The lowest BCUT2D eigenvalue weighted by molar-refractivity contribution is -0.121. The second-order valence-corrected chi connectivity index (χ2v) is 6.94. The number of amides is 1. The summed E-state index contributed by atoms with van der Waals surface area (Å²) in [6, 6.07) is 10.7. The van der Waals surface area contributed by atoms with Crippen molar-refractivity contribution in [2.24, 2.45) is 0 Å². The number of aryl methyl sites for hydroxylation is 1. The minimum atomic E-state index is -0.0685. The van der Waals surface area contributed by atoms with Gasteiger partial charge in [-0.15, -0.1) is 0 Å². The predicted molar refractivity (Wildman–Crippen MR) is 98.5 cm³/mol. The maximum atomic E-state index is 12.1. The molecule has 1 aromatic carbocycles. The number of hydrogen-bond donors (Lipinski definition) is 1. The molecule has 1 aliphatic rings. The van der Waals surface area contributed by atoms with E-state index in [9.17, 15) is 4.79 Å². The Morgan fingerprint density at radius 1 is 1.19 bits per heavy atom. The van der Waals surface area contributed by atoms with Crippen LogP contribution in [0.4, 0.5) is 0 Å². The average molecular weight is 357 g/mol. The number of aromatic nitrogens is 2. The number of nitrogens with zero attached hydrogens (tertiary/aromatic N) is 4. The SMILES string of the molecule is Cc1nc(CC(=O)NC(C)CN2CCN(Cc3ccccc3)CC2)no1. The number of carbonyl (C=O) groups is 1. The molecule has 7 heteroatoms. The van der Waals surface area contributed by atoms with Crippen molar-refractivity contribution in [2.75, 3.05) is 32.7 Å². The molecule has 3 rings (SSSR count). The third-order valence-electron chi connectivity index (χ3n) is 4.54. The number of nitrogens with one attached hydrogen (secondary N) is 1. The van der Waals surface area contributed by atoms with E-state index in [2.05, 4.69) is 55.6 Å². The van der Waals surface area contributed by atoms with Gasteiger partial charge in [0.2, 0.25) is 11.8 Å². The van der Waals surface area contributed by atoms with E-state index in [-0.39, 0.29) is 18.4 Å². The molecular weight excluding hydrogens is 330 g/mol. The minimum Gasteiger partial charge on any atom is -0.352 e. The lowest BCUT2D eigenvalue weighted by Crippen LogP contribution is -2.50. The Hall–Kier alpha value is -2.25. The van der Waals surface area contributed by atoms with Gasteiger partial charge in [0, 0.05) is 52.2 Å². The number of piperazine rings is 1. The molecular formula is C19H27N5O2. The van der Waals surface area contributed by atoms with E-state index in [0.29, 0.717) is 11.7 Å². The van der Waals surface area contributed by atoms with Crippen LogP contribution in [-0.2, 0) is 17.8 Å². The normalized spacial score (nSPS) is 17.2. The average Bonchev–Trinajstić information content (AvgIpc) is 3.02. The van der Waals surface area contributed by atoms with E-state index in [1.807, 2.05) is 6.92 Å². The second-order valence-electron chi connectivity index (χ2n) is 6.94. The Morgan fingerprint density at radius 3 is 2.54 bits per heavy atom. The largest absolute Gasteiger partial charge is 0.352 e. The lowest BCUT2D eigenvalue weighted by atomic mass is 10.2. The molecule has 0 aliphatic carbocycles. The number of carbonyl (C=O) groups excluding carboxylic acids is 1. The van der Waals surface area contributed by atoms with Crippen molar-refractivity contribution in [1.82, 2.24) is 25.3 Å². The third-order valence-corrected chi connectivity index (χ3v) is 4.54. The number of hydrogen-bond acceptors (Lipinski definition) is 6. The van der Waals surface area contributed by atoms with Gasteiger partial charge in [-0.05, 0) is 12.5 Å². The van der Waals surface area contributed by atoms with Crippen LogP contribution in [0.3, 0.4) is 0 Å². The summed E-state index contributed by atoms with van der Waals surface area (Å²) >= 11 is 0. The quantitative estimate of drug-likeness (QED) is 0.804. The van der Waals surface area contributed by atoms with Crippen LogP contribution in [0.5, 0.6) is 0 Å². The second kappa shape index (κ2) is 8.91. The van der Waals surface area contributed by atoms with Crippen LogP contribution in [-0.4, -0.2) is 64.6 Å². The van der Waals surface area contributed by atoms with Crippen molar-refractivity contribution < 1.29 is 9.32 Å². The zero-order valence-electron chi connectivity index (χ0n) is 15.5. The fraction of sp³-hybridized carbons (Fsp3) is 0.526. The highest BCUT2D eigenvalue weighted by molar-refractivity contribution is 5.77. The molecule has 2 heterocycles. The smallest absolute Gasteiger partial charge is 0.228 e. The van der Waals surface area contributed by atoms with Crippen LogP contribution in [0, 0.1) is 6.92 Å². The van der Waals surface area contributed by atoms with Gasteiger partial charge in [-0.25, -0.2) is 0 Å². The van der Waals surface area contributed by atoms with Crippen molar-refractivity contribution in [1.29, 1.82) is 0 Å². The summed E-state index contributed by atoms with van der Waals surface area (Å²) in [6.07, 6.45) is 0.159. The fourth-order valence-electron chi connectivity index (χ4n) is 3.29. The van der Waals surface area contributed by atoms with E-state index in [1.165, 1.54) is 5.56 Å². The maximum Gasteiger partial charge on any atom is 0.228 e. The molecule has 0 saturated carbocycles. The summed E-state index contributed by atoms with van der Waals surface area (Å²) in [5.41, 5.74) is 1.36. The van der Waals surface area contributed by atoms with E-state index in [0.717, 1.165) is 39.3 Å². The molecule has 0 radical (unpaired) electrons. The first-order chi connectivity index (χ1) is 12.6. The molecule has 1 aliphatic heterocycles. The van der Waals surface area contributed by atoms with Crippen molar-refractivity contribution >= 4 is 5.91 Å². The molecule has 0 spiro atoms. The summed E-state index contributed by atoms with van der Waals surface area (Å²) in [5, 5.41) is 6.78. The van der Waals surface area contributed by atoms with Crippen LogP contribution in [0.15, 0.2) is 34.9 Å². The monoisotopic (exact) mass is 357 g/mol. The Kier molecular flexibility index (Phi) is 6.35. The molecule has 1 saturated heterocycles. The van der Waals surface area contributed by atoms with Crippen LogP contribution in [0.2, 0.25) is 0 Å². The fourth-order valence-corrected chi connectivity index (χ4v) is 3.29. The summed E-state index contributed by atoms with van der Waals surface area (Å²) < 4.78 is 4.89. The molecule has 1 N–H and O–H groups in total. The van der Waals surface area contributed by atoms with E-state index in [1.54, 1.807) is 6.92 Å². The predicted octanol–water partition coefficient (Wildman–Crippen LogP) is 1.24. The summed E-state index contributed by atoms with van der Waals surface area (Å²) in [4.78, 5) is 21.0. The van der Waals surface area contributed by atoms with Crippen LogP contribution in [0.1, 0.15) is 24.2 Å². The van der Waals surface area contributed by atoms with Gasteiger partial charge < -0.3 is 9.84 Å². The van der Waals surface area contributed by atoms with Gasteiger partial charge >= 0.3 is 0 Å². The van der Waals surface area contributed by atoms with Crippen LogP contribution >= 0.6 is 0 Å². The zero-order valence-corrected chi connectivity index (χ0v) is 15.5. The van der Waals surface area contributed by atoms with Gasteiger partial charge in [0.15, 0.2) is 5.82 Å². The maximum absolute atomic E-state index is 12.1. The first kappa shape index (κ1) is 18.5. The first-order valence-electron chi connectivity index (χ1n) is 9.15. The topological polar surface area (TPSA) is 74.5 Å². The molecule has 140 valence electrons. The van der Waals surface area contributed by atoms with Gasteiger partial charge in [0.1, 0.15) is 0 Å². The Bertz CT molecular complexity index is 695. The lowest BCUT2D eigenvalue weighted by Gasteiger charge is -2.36. The van der Waals surface area contributed by atoms with Gasteiger partial charge in [0.25, 0.3) is 0 Å². The highest BCUT2D eigenvalue weighted by Crippen LogP contribution is 2.08. The van der Waals surface area contributed by atoms with Crippen molar-refractivity contribution in [2.45, 2.75) is 32.9 Å². The molecule has 1 aromatic heterocycles. The summed E-state index contributed by atoms with van der Waals surface area (Å²) in [6.45, 7) is 9.77. The highest BCUT2D eigenvalue weighted by Gasteiger charge is 2.19. The van der Waals surface area contributed by atoms with E-state index < -0.39 is 0 Å². The highest BCUT2D eigenvalue weighted by atomic mass is 16.5. The van der Waals surface area contributed by atoms with Crippen molar-refractivity contribution in [3.8, 4) is 0 Å². The van der Waals surface area contributed by atoms with Crippen molar-refractivity contribution in [3.63, 3.8) is 0 Å². The van der Waals surface area contributed by atoms with Gasteiger partial charge in [-0.1, -0.05) is 35.5 Å². The summed E-state index contributed by atoms with van der Waals surface area (Å²) in [5.74, 6) is 0.844. The van der Waals surface area contributed by atoms with Gasteiger partial charge in [-0.3, -0.25) is 14.6 Å². The standard InChI is InChI=1S/C19H27N5O2/c1-15(20-19(25)12-18-21-16(2)26-22-18)13-23-8-10-24(11-9-23)14-17-6-4-3-5-7-17/h3-7,15H,8-14H2,1-2H3,(H,20,25). The van der Waals surface area contributed by atoms with E-state index in [4.69, 9.17) is 4.52 Å². The van der Waals surface area contributed by atoms with Crippen LogP contribution < -0.4 is 5.32 Å². The van der Waals surface area contributed by atoms with Crippen LogP contribution in [0.25, 0.3) is 0 Å². The Labute approximate surface area is 154 Å². The molecule has 2 aromatic rings. The minimum absolute atomic E-state index is 0.0685. The summed E-state index contributed by atoms with van der Waals surface area (Å²) in [7, 11) is 0. The molecule has 1 atom stereocenters. The molecule has 0 bridgehead atoms. The van der Waals surface area contributed by atoms with Gasteiger partial charge in [0.05, 0.1) is 6.42 Å². The number of benzene rings is 1. The first-order valence-corrected chi connectivity index (χ1v) is 9.15. The Balaban J connectivity index is 1.36. The van der Waals surface area contributed by atoms with E-state index >= 15 is 0 Å². The molecule has 7 nitrogen and oxygen atoms in total. The Morgan fingerprint density at radius 2 is 1.88 bits per heavy atom. The molecule has 1 fully saturated rings. The molecule has 1 amide bonds. The van der Waals surface area contributed by atoms with Gasteiger partial charge in [-0.2, -0.15) is 4.98 Å². The molecule has 1 unspecified atom stereocenters. The van der Waals surface area contributed by atoms with Crippen molar-refractivity contribution in [3.05, 3.63) is 47.6 Å².